The lowest BCUT2D eigenvalue weighted by Crippen LogP contribution is -2.09. The van der Waals surface area contributed by atoms with Crippen LogP contribution in [0.2, 0.25) is 15.1 Å². The molecule has 4 rings (SSSR count). The van der Waals surface area contributed by atoms with Crippen molar-refractivity contribution < 1.29 is 10.0 Å². The van der Waals surface area contributed by atoms with Crippen LogP contribution in [0.25, 0.3) is 16.9 Å². The van der Waals surface area contributed by atoms with Crippen molar-refractivity contribution >= 4 is 40.7 Å². The molecule has 0 saturated heterocycles. The lowest BCUT2D eigenvalue weighted by atomic mass is 10.1. The maximum atomic E-state index is 13.0. The predicted molar refractivity (Wildman–Crippen MR) is 120 cm³/mol. The fourth-order valence-electron chi connectivity index (χ4n) is 3.13. The molecule has 2 heterocycles. The third kappa shape index (κ3) is 4.37. The van der Waals surface area contributed by atoms with Crippen molar-refractivity contribution in [2.24, 2.45) is 4.99 Å². The van der Waals surface area contributed by atoms with Crippen LogP contribution in [0.15, 0.2) is 72.0 Å². The van der Waals surface area contributed by atoms with Gasteiger partial charge >= 0.3 is 0 Å². The van der Waals surface area contributed by atoms with Crippen molar-refractivity contribution in [1.82, 2.24) is 14.5 Å². The first kappa shape index (κ1) is 21.2. The number of pyridine rings is 1. The molecule has 2 aromatic carbocycles. The molecule has 0 radical (unpaired) electrons. The molecule has 0 fully saturated rings. The van der Waals surface area contributed by atoms with Gasteiger partial charge in [-0.15, -0.1) is 0 Å². The zero-order chi connectivity index (χ0) is 22.1. The maximum Gasteiger partial charge on any atom is 0.298 e. The molecular formula is C22H15Cl3N4O2. The number of nitrogens with zero attached hydrogens (tertiary/aromatic N) is 4. The molecule has 0 saturated carbocycles. The van der Waals surface area contributed by atoms with Crippen LogP contribution in [0.5, 0.6) is 0 Å². The first-order valence-corrected chi connectivity index (χ1v) is 10.2. The third-order valence-corrected chi connectivity index (χ3v) is 5.40. The number of carbonyl (C=O) groups is 1. The molecule has 4 aromatic rings. The van der Waals surface area contributed by atoms with Gasteiger partial charge < -0.3 is 5.21 Å². The van der Waals surface area contributed by atoms with Crippen molar-refractivity contribution in [3.63, 3.8) is 0 Å². The van der Waals surface area contributed by atoms with E-state index in [2.05, 4.69) is 10.1 Å². The van der Waals surface area contributed by atoms with E-state index in [4.69, 9.17) is 34.8 Å². The summed E-state index contributed by atoms with van der Waals surface area (Å²) in [7, 11) is 0. The molecule has 31 heavy (non-hydrogen) atoms. The minimum absolute atomic E-state index is 0.177. The van der Waals surface area contributed by atoms with Gasteiger partial charge in [0.05, 0.1) is 21.8 Å². The van der Waals surface area contributed by atoms with Crippen LogP contribution in [-0.2, 0) is 0 Å². The smallest absolute Gasteiger partial charge is 0.298 e. The monoisotopic (exact) mass is 472 g/mol. The van der Waals surface area contributed by atoms with E-state index in [1.165, 1.54) is 24.5 Å². The number of rotatable bonds is 3. The van der Waals surface area contributed by atoms with Crippen LogP contribution >= 0.6 is 34.8 Å². The van der Waals surface area contributed by atoms with Crippen LogP contribution in [0.1, 0.15) is 16.1 Å². The zero-order valence-electron chi connectivity index (χ0n) is 16.1. The molecule has 0 atom stereocenters. The summed E-state index contributed by atoms with van der Waals surface area (Å²) in [6, 6.07) is 15.3. The summed E-state index contributed by atoms with van der Waals surface area (Å²) in [5, 5.41) is 15.7. The average molecular weight is 474 g/mol. The summed E-state index contributed by atoms with van der Waals surface area (Å²) in [6.45, 7) is 1.80. The molecule has 0 aliphatic rings. The van der Waals surface area contributed by atoms with Crippen LogP contribution in [-0.4, -0.2) is 25.6 Å². The van der Waals surface area contributed by atoms with Gasteiger partial charge in [-0.2, -0.15) is 5.10 Å². The minimum Gasteiger partial charge on any atom is -0.429 e. The van der Waals surface area contributed by atoms with Crippen molar-refractivity contribution in [2.75, 3.05) is 0 Å². The lowest BCUT2D eigenvalue weighted by Gasteiger charge is -2.11. The Bertz CT molecular complexity index is 1340. The Morgan fingerprint density at radius 2 is 1.61 bits per heavy atom. The second-order valence-corrected chi connectivity index (χ2v) is 7.97. The molecular weight excluding hydrogens is 459 g/mol. The Kier molecular flexibility index (Phi) is 5.87. The predicted octanol–water partition coefficient (Wildman–Crippen LogP) is 5.59. The Labute approximate surface area is 192 Å². The molecule has 1 N–H and O–H groups in total. The number of hydrogen-bond acceptors (Lipinski definition) is 3. The van der Waals surface area contributed by atoms with Crippen LogP contribution in [0.3, 0.4) is 0 Å². The molecule has 0 bridgehead atoms. The van der Waals surface area contributed by atoms with E-state index >= 15 is 0 Å². The topological polar surface area (TPSA) is 72.4 Å². The summed E-state index contributed by atoms with van der Waals surface area (Å²) in [5.74, 6) is -0.521. The zero-order valence-corrected chi connectivity index (χ0v) is 18.4. The molecule has 0 spiro atoms. The van der Waals surface area contributed by atoms with Gasteiger partial charge in [0, 0.05) is 33.6 Å². The van der Waals surface area contributed by atoms with Gasteiger partial charge in [-0.05, 0) is 49.4 Å². The number of halogens is 3. The number of hydrogen-bond donors (Lipinski definition) is 1. The van der Waals surface area contributed by atoms with E-state index in [-0.39, 0.29) is 5.69 Å². The Morgan fingerprint density at radius 3 is 2.26 bits per heavy atom. The Morgan fingerprint density at radius 1 is 0.968 bits per heavy atom. The van der Waals surface area contributed by atoms with Crippen molar-refractivity contribution in [1.29, 1.82) is 0 Å². The largest absolute Gasteiger partial charge is 0.429 e. The second kappa shape index (κ2) is 8.59. The molecule has 1 amide bonds. The third-order valence-electron chi connectivity index (χ3n) is 4.61. The summed E-state index contributed by atoms with van der Waals surface area (Å²) < 4.78 is 2.47. The molecule has 6 nitrogen and oxygen atoms in total. The van der Waals surface area contributed by atoms with Crippen LogP contribution in [0, 0.1) is 6.92 Å². The second-order valence-electron chi connectivity index (χ2n) is 6.69. The van der Waals surface area contributed by atoms with Gasteiger partial charge in [0.15, 0.2) is 5.69 Å². The molecule has 0 unspecified atom stereocenters. The lowest BCUT2D eigenvalue weighted by molar-refractivity contribution is 0.0992. The molecule has 0 aliphatic heterocycles. The summed E-state index contributed by atoms with van der Waals surface area (Å²) >= 11 is 18.5. The SMILES string of the molecule is Cc1c(C(=O)N=c2ccn(O)cc2)nn(-c2ccc(Cl)cc2Cl)c1-c1ccc(Cl)cc1. The molecule has 2 aromatic heterocycles. The normalized spacial score (nSPS) is 10.8. The molecule has 0 aliphatic carbocycles. The van der Waals surface area contributed by atoms with Gasteiger partial charge in [0.2, 0.25) is 0 Å². The van der Waals surface area contributed by atoms with Gasteiger partial charge in [-0.25, -0.2) is 14.4 Å². The number of benzene rings is 2. The van der Waals surface area contributed by atoms with Gasteiger partial charge in [-0.3, -0.25) is 4.79 Å². The summed E-state index contributed by atoms with van der Waals surface area (Å²) in [6.07, 6.45) is 2.76. The van der Waals surface area contributed by atoms with Crippen molar-refractivity contribution in [2.45, 2.75) is 6.92 Å². The minimum atomic E-state index is -0.521. The average Bonchev–Trinajstić information content (AvgIpc) is 3.07. The molecule has 156 valence electrons. The standard InChI is InChI=1S/C22H15Cl3N4O2/c1-13-20(22(30)26-17-8-10-28(31)11-9-17)27-29(19-7-6-16(24)12-18(19)25)21(13)14-2-4-15(23)5-3-14/h2-12,31H,1H3. The van der Waals surface area contributed by atoms with Gasteiger partial charge in [0.1, 0.15) is 0 Å². The van der Waals surface area contributed by atoms with Crippen molar-refractivity contribution in [3.8, 4) is 16.9 Å². The Balaban J connectivity index is 1.91. The fraction of sp³-hybridized carbons (Fsp3) is 0.0455. The molecule has 9 heteroatoms. The van der Waals surface area contributed by atoms with Crippen molar-refractivity contribution in [3.05, 3.63) is 98.7 Å². The van der Waals surface area contributed by atoms with E-state index in [1.807, 2.05) is 12.1 Å². The highest BCUT2D eigenvalue weighted by atomic mass is 35.5. The van der Waals surface area contributed by atoms with E-state index in [1.54, 1.807) is 41.9 Å². The Hall–Kier alpha value is -3.06. The summed E-state index contributed by atoms with van der Waals surface area (Å²) in [4.78, 5) is 17.1. The summed E-state index contributed by atoms with van der Waals surface area (Å²) in [5.41, 5.74) is 2.87. The highest BCUT2D eigenvalue weighted by Gasteiger charge is 2.23. The van der Waals surface area contributed by atoms with Gasteiger partial charge in [-0.1, -0.05) is 46.9 Å². The highest BCUT2D eigenvalue weighted by Crippen LogP contribution is 2.33. The first-order chi connectivity index (χ1) is 14.8. The number of aromatic nitrogens is 3. The van der Waals surface area contributed by atoms with Crippen LogP contribution in [0.4, 0.5) is 0 Å². The van der Waals surface area contributed by atoms with Gasteiger partial charge in [0.25, 0.3) is 5.91 Å². The fourth-order valence-corrected chi connectivity index (χ4v) is 3.74. The van der Waals surface area contributed by atoms with E-state index in [9.17, 15) is 10.0 Å². The van der Waals surface area contributed by atoms with E-state index < -0.39 is 5.91 Å². The number of carbonyl (C=O) groups excluding carboxylic acids is 1. The van der Waals surface area contributed by atoms with E-state index in [0.29, 0.717) is 37.4 Å². The maximum absolute atomic E-state index is 13.0. The first-order valence-electron chi connectivity index (χ1n) is 9.11. The highest BCUT2D eigenvalue weighted by molar-refractivity contribution is 6.35. The quantitative estimate of drug-likeness (QED) is 0.394. The number of amides is 1. The van der Waals surface area contributed by atoms with E-state index in [0.717, 1.165) is 10.3 Å². The van der Waals surface area contributed by atoms with Crippen LogP contribution < -0.4 is 5.36 Å².